The molecule has 0 aliphatic rings. The second-order valence-corrected chi connectivity index (χ2v) is 6.75. The minimum absolute atomic E-state index is 0.0380. The molecule has 0 aliphatic carbocycles. The van der Waals surface area contributed by atoms with Gasteiger partial charge in [0.15, 0.2) is 17.1 Å². The molecule has 2 heterocycles. The quantitative estimate of drug-likeness (QED) is 0.286. The molecule has 2 aromatic heterocycles. The molecule has 0 aliphatic heterocycles. The van der Waals surface area contributed by atoms with Crippen LogP contribution in [-0.4, -0.2) is 28.7 Å². The maximum Gasteiger partial charge on any atom is 0.307 e. The number of para-hydroxylation sites is 1. The van der Waals surface area contributed by atoms with Gasteiger partial charge in [0.1, 0.15) is 0 Å². The van der Waals surface area contributed by atoms with Crippen LogP contribution in [-0.2, 0) is 0 Å². The Kier molecular flexibility index (Phi) is 5.23. The number of nitrogens with zero attached hydrogens (tertiary/aromatic N) is 3. The number of hydrogen-bond donors (Lipinski definition) is 1. The molecule has 0 fully saturated rings. The maximum absolute atomic E-state index is 12.4. The van der Waals surface area contributed by atoms with E-state index >= 15 is 0 Å². The van der Waals surface area contributed by atoms with Gasteiger partial charge in [-0.3, -0.25) is 14.9 Å². The summed E-state index contributed by atoms with van der Waals surface area (Å²) in [5, 5.41) is 15.4. The van der Waals surface area contributed by atoms with Crippen LogP contribution in [0.1, 0.15) is 21.8 Å². The van der Waals surface area contributed by atoms with Crippen LogP contribution in [0.5, 0.6) is 5.75 Å². The highest BCUT2D eigenvalue weighted by Gasteiger charge is 2.19. The summed E-state index contributed by atoms with van der Waals surface area (Å²) >= 11 is 0. The van der Waals surface area contributed by atoms with E-state index in [9.17, 15) is 14.9 Å². The second kappa shape index (κ2) is 8.15. The Morgan fingerprint density at radius 3 is 2.71 bits per heavy atom. The number of ether oxygens (including phenoxy) is 1. The third kappa shape index (κ3) is 4.01. The normalized spacial score (nSPS) is 11.2. The van der Waals surface area contributed by atoms with Gasteiger partial charge in [0, 0.05) is 34.6 Å². The SMILES string of the molecule is COc1cc([N+](=O)[O-])cc2cc(C(=O)N/N=C\c3cc(C)n(-c4ccccc4)c3)oc12. The molecule has 156 valence electrons. The first-order chi connectivity index (χ1) is 15.0. The van der Waals surface area contributed by atoms with Crippen LogP contribution >= 0.6 is 0 Å². The highest BCUT2D eigenvalue weighted by Crippen LogP contribution is 2.33. The summed E-state index contributed by atoms with van der Waals surface area (Å²) in [6.07, 6.45) is 3.43. The molecule has 4 aromatic rings. The summed E-state index contributed by atoms with van der Waals surface area (Å²) in [5.41, 5.74) is 5.34. The number of furan rings is 1. The van der Waals surface area contributed by atoms with Gasteiger partial charge in [0.05, 0.1) is 24.3 Å². The van der Waals surface area contributed by atoms with Gasteiger partial charge in [-0.2, -0.15) is 5.10 Å². The summed E-state index contributed by atoms with van der Waals surface area (Å²) < 4.78 is 12.7. The van der Waals surface area contributed by atoms with Crippen molar-refractivity contribution in [2.45, 2.75) is 6.92 Å². The molecule has 0 unspecified atom stereocenters. The van der Waals surface area contributed by atoms with E-state index in [-0.39, 0.29) is 22.8 Å². The summed E-state index contributed by atoms with van der Waals surface area (Å²) in [5.74, 6) is -0.454. The highest BCUT2D eigenvalue weighted by molar-refractivity contribution is 5.98. The molecule has 9 nitrogen and oxygen atoms in total. The van der Waals surface area contributed by atoms with Gasteiger partial charge in [-0.25, -0.2) is 5.43 Å². The fourth-order valence-electron chi connectivity index (χ4n) is 3.23. The lowest BCUT2D eigenvalue weighted by molar-refractivity contribution is -0.384. The average molecular weight is 418 g/mol. The average Bonchev–Trinajstić information content (AvgIpc) is 3.37. The Morgan fingerprint density at radius 2 is 2.00 bits per heavy atom. The molecule has 0 saturated heterocycles. The number of methoxy groups -OCH3 is 1. The van der Waals surface area contributed by atoms with E-state index in [2.05, 4.69) is 10.5 Å². The second-order valence-electron chi connectivity index (χ2n) is 6.75. The number of nitro benzene ring substituents is 1. The zero-order valence-corrected chi connectivity index (χ0v) is 16.7. The van der Waals surface area contributed by atoms with Gasteiger partial charge in [-0.15, -0.1) is 0 Å². The molecular formula is C22H18N4O5. The van der Waals surface area contributed by atoms with Crippen LogP contribution in [0.4, 0.5) is 5.69 Å². The Labute approximate surface area is 176 Å². The lowest BCUT2D eigenvalue weighted by atomic mass is 10.2. The van der Waals surface area contributed by atoms with Crippen molar-refractivity contribution in [3.8, 4) is 11.4 Å². The van der Waals surface area contributed by atoms with Crippen molar-refractivity contribution in [2.24, 2.45) is 5.10 Å². The minimum atomic E-state index is -0.587. The van der Waals surface area contributed by atoms with E-state index in [1.807, 2.05) is 54.1 Å². The summed E-state index contributed by atoms with van der Waals surface area (Å²) in [6, 6.07) is 15.8. The Hall–Kier alpha value is -4.40. The van der Waals surface area contributed by atoms with Crippen LogP contribution in [0.15, 0.2) is 70.3 Å². The highest BCUT2D eigenvalue weighted by atomic mass is 16.6. The molecule has 0 spiro atoms. The minimum Gasteiger partial charge on any atom is -0.493 e. The van der Waals surface area contributed by atoms with Crippen molar-refractivity contribution in [1.82, 2.24) is 9.99 Å². The first kappa shape index (κ1) is 19.9. The zero-order chi connectivity index (χ0) is 22.0. The predicted octanol–water partition coefficient (Wildman–Crippen LogP) is 4.21. The van der Waals surface area contributed by atoms with Crippen molar-refractivity contribution < 1.29 is 18.9 Å². The smallest absolute Gasteiger partial charge is 0.307 e. The standard InChI is InChI=1S/C22H18N4O5/c1-14-8-15(13-25(14)17-6-4-3-5-7-17)12-23-24-22(27)20-10-16-9-18(26(28)29)11-19(30-2)21(16)31-20/h3-13H,1-2H3,(H,24,27)/b23-12-. The summed E-state index contributed by atoms with van der Waals surface area (Å²) in [6.45, 7) is 1.98. The molecule has 4 rings (SSSR count). The fourth-order valence-corrected chi connectivity index (χ4v) is 3.23. The van der Waals surface area contributed by atoms with E-state index in [0.717, 1.165) is 16.9 Å². The molecule has 0 atom stereocenters. The van der Waals surface area contributed by atoms with Crippen molar-refractivity contribution in [3.05, 3.63) is 87.9 Å². The molecule has 0 bridgehead atoms. The van der Waals surface area contributed by atoms with E-state index in [1.165, 1.54) is 31.5 Å². The van der Waals surface area contributed by atoms with E-state index in [4.69, 9.17) is 9.15 Å². The Balaban J connectivity index is 1.52. The third-order valence-corrected chi connectivity index (χ3v) is 4.67. The third-order valence-electron chi connectivity index (χ3n) is 4.67. The van der Waals surface area contributed by atoms with Crippen LogP contribution in [0, 0.1) is 17.0 Å². The Morgan fingerprint density at radius 1 is 1.23 bits per heavy atom. The van der Waals surface area contributed by atoms with Crippen molar-refractivity contribution in [1.29, 1.82) is 0 Å². The molecule has 31 heavy (non-hydrogen) atoms. The number of hydrogen-bond acceptors (Lipinski definition) is 6. The molecule has 0 saturated carbocycles. The van der Waals surface area contributed by atoms with E-state index in [1.54, 1.807) is 0 Å². The largest absolute Gasteiger partial charge is 0.493 e. The molecule has 1 amide bonds. The van der Waals surface area contributed by atoms with Gasteiger partial charge in [-0.1, -0.05) is 18.2 Å². The number of carbonyl (C=O) groups is 1. The molecule has 9 heteroatoms. The molecule has 0 radical (unpaired) electrons. The number of hydrazone groups is 1. The first-order valence-corrected chi connectivity index (χ1v) is 9.30. The summed E-state index contributed by atoms with van der Waals surface area (Å²) in [7, 11) is 1.37. The predicted molar refractivity (Wildman–Crippen MR) is 115 cm³/mol. The van der Waals surface area contributed by atoms with Crippen LogP contribution in [0.25, 0.3) is 16.7 Å². The molecule has 2 aromatic carbocycles. The van der Waals surface area contributed by atoms with Gasteiger partial charge < -0.3 is 13.7 Å². The van der Waals surface area contributed by atoms with Gasteiger partial charge in [0.25, 0.3) is 5.69 Å². The lowest BCUT2D eigenvalue weighted by Crippen LogP contribution is -2.16. The number of carbonyl (C=O) groups excluding carboxylic acids is 1. The van der Waals surface area contributed by atoms with Crippen LogP contribution < -0.4 is 10.2 Å². The maximum atomic E-state index is 12.4. The number of fused-ring (bicyclic) bond motifs is 1. The monoisotopic (exact) mass is 418 g/mol. The van der Waals surface area contributed by atoms with Gasteiger partial charge >= 0.3 is 5.91 Å². The Bertz CT molecular complexity index is 1300. The van der Waals surface area contributed by atoms with Crippen molar-refractivity contribution in [3.63, 3.8) is 0 Å². The fraction of sp³-hybridized carbons (Fsp3) is 0.0909. The van der Waals surface area contributed by atoms with Gasteiger partial charge in [-0.05, 0) is 31.2 Å². The lowest BCUT2D eigenvalue weighted by Gasteiger charge is -2.04. The summed E-state index contributed by atoms with van der Waals surface area (Å²) in [4.78, 5) is 22.9. The topological polar surface area (TPSA) is 112 Å². The van der Waals surface area contributed by atoms with Crippen LogP contribution in [0.2, 0.25) is 0 Å². The number of benzene rings is 2. The number of amides is 1. The van der Waals surface area contributed by atoms with Crippen molar-refractivity contribution >= 4 is 28.8 Å². The van der Waals surface area contributed by atoms with E-state index < -0.39 is 10.8 Å². The molecular weight excluding hydrogens is 400 g/mol. The van der Waals surface area contributed by atoms with Gasteiger partial charge in [0.2, 0.25) is 0 Å². The number of nitro groups is 1. The zero-order valence-electron chi connectivity index (χ0n) is 16.7. The molecule has 1 N–H and O–H groups in total. The number of aryl methyl sites for hydroxylation is 1. The van der Waals surface area contributed by atoms with E-state index in [0.29, 0.717) is 5.39 Å². The number of aromatic nitrogens is 1. The number of nitrogens with one attached hydrogen (secondary N) is 1. The first-order valence-electron chi connectivity index (χ1n) is 9.30. The number of rotatable bonds is 6. The van der Waals surface area contributed by atoms with Crippen LogP contribution in [0.3, 0.4) is 0 Å². The number of non-ortho nitro benzene ring substituents is 1. The van der Waals surface area contributed by atoms with Crippen molar-refractivity contribution in [2.75, 3.05) is 7.11 Å².